The van der Waals surface area contributed by atoms with Crippen LogP contribution in [0.2, 0.25) is 0 Å². The van der Waals surface area contributed by atoms with Crippen molar-refractivity contribution in [2.45, 2.75) is 38.3 Å². The molecule has 0 aromatic heterocycles. The van der Waals surface area contributed by atoms with Crippen molar-refractivity contribution in [3.63, 3.8) is 0 Å². The zero-order chi connectivity index (χ0) is 9.84. The summed E-state index contributed by atoms with van der Waals surface area (Å²) in [4.78, 5) is 2.35. The van der Waals surface area contributed by atoms with Gasteiger partial charge in [0.05, 0.1) is 0 Å². The highest BCUT2D eigenvalue weighted by Crippen LogP contribution is 2.20. The van der Waals surface area contributed by atoms with Gasteiger partial charge in [-0.3, -0.25) is 4.90 Å². The van der Waals surface area contributed by atoms with Crippen LogP contribution in [-0.2, 0) is 0 Å². The number of rotatable bonds is 3. The Kier molecular flexibility index (Phi) is 4.23. The zero-order valence-corrected chi connectivity index (χ0v) is 9.06. The van der Waals surface area contributed by atoms with Crippen LogP contribution in [0.25, 0.3) is 0 Å². The summed E-state index contributed by atoms with van der Waals surface area (Å²) in [5, 5.41) is 0.715. The molecule has 2 atom stereocenters. The van der Waals surface area contributed by atoms with Crippen molar-refractivity contribution in [1.82, 2.24) is 4.90 Å². The molecular formula is C10H19ClN2. The third-order valence-corrected chi connectivity index (χ3v) is 2.77. The molecule has 1 aliphatic heterocycles. The van der Waals surface area contributed by atoms with E-state index in [1.165, 1.54) is 19.3 Å². The Balaban J connectivity index is 2.51. The first-order valence-electron chi connectivity index (χ1n) is 4.94. The molecule has 2 N–H and O–H groups in total. The van der Waals surface area contributed by atoms with Crippen molar-refractivity contribution in [1.29, 1.82) is 0 Å². The maximum Gasteiger partial charge on any atom is 0.0339 e. The largest absolute Gasteiger partial charge is 0.327 e. The van der Waals surface area contributed by atoms with Crippen LogP contribution >= 0.6 is 11.6 Å². The normalized spacial score (nSPS) is 27.2. The van der Waals surface area contributed by atoms with Crippen LogP contribution in [0, 0.1) is 0 Å². The number of hydrogen-bond acceptors (Lipinski definition) is 2. The Bertz CT molecular complexity index is 180. The second-order valence-electron chi connectivity index (χ2n) is 3.91. The molecule has 0 aromatic rings. The fourth-order valence-corrected chi connectivity index (χ4v) is 2.18. The first kappa shape index (κ1) is 11.0. The fraction of sp³-hybridized carbons (Fsp3) is 0.800. The van der Waals surface area contributed by atoms with Crippen molar-refractivity contribution in [3.8, 4) is 0 Å². The number of piperidine rings is 1. The number of likely N-dealkylation sites (tertiary alicyclic amines) is 1. The quantitative estimate of drug-likeness (QED) is 0.758. The Morgan fingerprint density at radius 1 is 1.69 bits per heavy atom. The highest BCUT2D eigenvalue weighted by atomic mass is 35.5. The monoisotopic (exact) mass is 202 g/mol. The average Bonchev–Trinajstić information content (AvgIpc) is 2.03. The number of nitrogens with zero attached hydrogens (tertiary/aromatic N) is 1. The van der Waals surface area contributed by atoms with E-state index in [2.05, 4.69) is 18.4 Å². The van der Waals surface area contributed by atoms with Gasteiger partial charge in [0.25, 0.3) is 0 Å². The van der Waals surface area contributed by atoms with E-state index in [1.807, 2.05) is 0 Å². The third-order valence-electron chi connectivity index (χ3n) is 2.65. The Labute approximate surface area is 85.7 Å². The number of hydrogen-bond donors (Lipinski definition) is 1. The molecule has 1 fully saturated rings. The lowest BCUT2D eigenvalue weighted by Crippen LogP contribution is -2.49. The van der Waals surface area contributed by atoms with E-state index in [9.17, 15) is 0 Å². The molecule has 13 heavy (non-hydrogen) atoms. The topological polar surface area (TPSA) is 29.3 Å². The van der Waals surface area contributed by atoms with Gasteiger partial charge in [-0.05, 0) is 26.3 Å². The first-order valence-corrected chi connectivity index (χ1v) is 5.32. The van der Waals surface area contributed by atoms with Crippen molar-refractivity contribution >= 4 is 11.6 Å². The van der Waals surface area contributed by atoms with Gasteiger partial charge >= 0.3 is 0 Å². The molecule has 2 nitrogen and oxygen atoms in total. The van der Waals surface area contributed by atoms with Crippen LogP contribution in [0.4, 0.5) is 0 Å². The SMILES string of the molecule is C=C(Cl)CN1CCCCC1C(C)N. The Morgan fingerprint density at radius 2 is 2.38 bits per heavy atom. The minimum absolute atomic E-state index is 0.233. The number of halogens is 1. The van der Waals surface area contributed by atoms with E-state index in [0.29, 0.717) is 11.1 Å². The molecule has 0 saturated carbocycles. The van der Waals surface area contributed by atoms with E-state index in [0.717, 1.165) is 13.1 Å². The molecule has 0 spiro atoms. The average molecular weight is 203 g/mol. The van der Waals surface area contributed by atoms with Gasteiger partial charge in [0.1, 0.15) is 0 Å². The molecule has 0 aromatic carbocycles. The van der Waals surface area contributed by atoms with Crippen molar-refractivity contribution in [2.75, 3.05) is 13.1 Å². The second-order valence-corrected chi connectivity index (χ2v) is 4.44. The summed E-state index contributed by atoms with van der Waals surface area (Å²) >= 11 is 5.80. The van der Waals surface area contributed by atoms with E-state index in [1.54, 1.807) is 0 Å². The first-order chi connectivity index (χ1) is 6.11. The van der Waals surface area contributed by atoms with Gasteiger partial charge in [-0.15, -0.1) is 0 Å². The summed E-state index contributed by atoms with van der Waals surface area (Å²) < 4.78 is 0. The molecule has 1 rings (SSSR count). The van der Waals surface area contributed by atoms with E-state index < -0.39 is 0 Å². The minimum atomic E-state index is 0.233. The number of nitrogens with two attached hydrogens (primary N) is 1. The molecule has 1 aliphatic rings. The van der Waals surface area contributed by atoms with Gasteiger partial charge in [-0.2, -0.15) is 0 Å². The molecule has 0 radical (unpaired) electrons. The lowest BCUT2D eigenvalue weighted by atomic mass is 9.97. The third kappa shape index (κ3) is 3.29. The van der Waals surface area contributed by atoms with E-state index >= 15 is 0 Å². The molecule has 0 bridgehead atoms. The van der Waals surface area contributed by atoms with Crippen molar-refractivity contribution in [2.24, 2.45) is 5.73 Å². The van der Waals surface area contributed by atoms with Crippen molar-refractivity contribution in [3.05, 3.63) is 11.6 Å². The predicted octanol–water partition coefficient (Wildman–Crippen LogP) is 1.94. The summed E-state index contributed by atoms with van der Waals surface area (Å²) in [6.45, 7) is 7.69. The van der Waals surface area contributed by atoms with Gasteiger partial charge in [0.2, 0.25) is 0 Å². The molecule has 76 valence electrons. The van der Waals surface area contributed by atoms with Crippen LogP contribution in [-0.4, -0.2) is 30.1 Å². The van der Waals surface area contributed by atoms with Gasteiger partial charge in [0.15, 0.2) is 0 Å². The summed E-state index contributed by atoms with van der Waals surface area (Å²) in [5.41, 5.74) is 5.92. The zero-order valence-electron chi connectivity index (χ0n) is 8.30. The van der Waals surface area contributed by atoms with Crippen LogP contribution in [0.15, 0.2) is 11.6 Å². The van der Waals surface area contributed by atoms with Gasteiger partial charge < -0.3 is 5.73 Å². The molecule has 1 heterocycles. The molecule has 0 aliphatic carbocycles. The molecule has 3 heteroatoms. The van der Waals surface area contributed by atoms with Crippen LogP contribution < -0.4 is 5.73 Å². The fourth-order valence-electron chi connectivity index (χ4n) is 2.03. The molecule has 0 amide bonds. The summed E-state index contributed by atoms with van der Waals surface area (Å²) in [6.07, 6.45) is 3.74. The Morgan fingerprint density at radius 3 is 2.92 bits per heavy atom. The van der Waals surface area contributed by atoms with Gasteiger partial charge in [0, 0.05) is 23.7 Å². The molecule has 2 unspecified atom stereocenters. The van der Waals surface area contributed by atoms with Gasteiger partial charge in [-0.25, -0.2) is 0 Å². The predicted molar refractivity (Wildman–Crippen MR) is 57.9 cm³/mol. The summed E-state index contributed by atoms with van der Waals surface area (Å²) in [7, 11) is 0. The molecule has 1 saturated heterocycles. The van der Waals surface area contributed by atoms with Gasteiger partial charge in [-0.1, -0.05) is 24.6 Å². The summed E-state index contributed by atoms with van der Waals surface area (Å²) in [6, 6.07) is 0.723. The standard InChI is InChI=1S/C10H19ClN2/c1-8(11)7-13-6-4-3-5-10(13)9(2)12/h9-10H,1,3-7,12H2,2H3. The maximum atomic E-state index is 5.92. The Hall–Kier alpha value is -0.0500. The molecular weight excluding hydrogens is 184 g/mol. The second kappa shape index (κ2) is 4.99. The smallest absolute Gasteiger partial charge is 0.0339 e. The minimum Gasteiger partial charge on any atom is -0.327 e. The highest BCUT2D eigenvalue weighted by molar-refractivity contribution is 6.29. The summed E-state index contributed by atoms with van der Waals surface area (Å²) in [5.74, 6) is 0. The van der Waals surface area contributed by atoms with Crippen molar-refractivity contribution < 1.29 is 0 Å². The maximum absolute atomic E-state index is 5.92. The van der Waals surface area contributed by atoms with Crippen LogP contribution in [0.5, 0.6) is 0 Å². The van der Waals surface area contributed by atoms with Crippen LogP contribution in [0.3, 0.4) is 0 Å². The van der Waals surface area contributed by atoms with E-state index in [4.69, 9.17) is 17.3 Å². The highest BCUT2D eigenvalue weighted by Gasteiger charge is 2.24. The van der Waals surface area contributed by atoms with E-state index in [-0.39, 0.29) is 6.04 Å². The lowest BCUT2D eigenvalue weighted by Gasteiger charge is -2.37. The lowest BCUT2D eigenvalue weighted by molar-refractivity contribution is 0.145. The van der Waals surface area contributed by atoms with Crippen LogP contribution in [0.1, 0.15) is 26.2 Å².